The number of aromatic nitrogens is 4. The Hall–Kier alpha value is -2.08. The Morgan fingerprint density at radius 3 is 2.62 bits per heavy atom. The number of nitrogens with zero attached hydrogens (tertiary/aromatic N) is 4. The number of rotatable bonds is 3. The molecule has 110 valence electrons. The molecule has 1 saturated heterocycles. The molecule has 2 aromatic rings. The Bertz CT molecular complexity index is 601. The minimum atomic E-state index is 0.390. The van der Waals surface area contributed by atoms with Gasteiger partial charge >= 0.3 is 0 Å². The predicted molar refractivity (Wildman–Crippen MR) is 81.7 cm³/mol. The van der Waals surface area contributed by atoms with Crippen molar-refractivity contribution in [1.82, 2.24) is 25.3 Å². The van der Waals surface area contributed by atoms with Crippen LogP contribution in [0, 0.1) is 13.8 Å². The smallest absolute Gasteiger partial charge is 0.228 e. The molecule has 0 radical (unpaired) electrons. The number of aryl methyl sites for hydroxylation is 2. The van der Waals surface area contributed by atoms with Crippen molar-refractivity contribution in [1.29, 1.82) is 0 Å². The molecule has 3 heterocycles. The van der Waals surface area contributed by atoms with E-state index < -0.39 is 0 Å². The topological polar surface area (TPSA) is 75.6 Å². The van der Waals surface area contributed by atoms with Crippen LogP contribution in [0.25, 0.3) is 0 Å². The molecule has 1 unspecified atom stereocenters. The molecule has 6 nitrogen and oxygen atoms in total. The van der Waals surface area contributed by atoms with Crippen molar-refractivity contribution in [2.24, 2.45) is 0 Å². The van der Waals surface area contributed by atoms with Crippen LogP contribution >= 0.6 is 0 Å². The summed E-state index contributed by atoms with van der Waals surface area (Å²) in [6.07, 6.45) is 5.75. The quantitative estimate of drug-likeness (QED) is 0.899. The van der Waals surface area contributed by atoms with Gasteiger partial charge in [0.15, 0.2) is 5.82 Å². The highest BCUT2D eigenvalue weighted by molar-refractivity contribution is 5.52. The molecule has 21 heavy (non-hydrogen) atoms. The maximum atomic E-state index is 4.52. The van der Waals surface area contributed by atoms with Gasteiger partial charge in [-0.2, -0.15) is 0 Å². The number of nitrogens with one attached hydrogen (secondary N) is 2. The second kappa shape index (κ2) is 6.13. The molecular weight excluding hydrogens is 264 g/mol. The van der Waals surface area contributed by atoms with Crippen LogP contribution in [0.15, 0.2) is 18.5 Å². The molecule has 2 aromatic heterocycles. The van der Waals surface area contributed by atoms with Gasteiger partial charge in [0.2, 0.25) is 5.95 Å². The number of hydrogen-bond donors (Lipinski definition) is 2. The van der Waals surface area contributed by atoms with Crippen molar-refractivity contribution in [2.45, 2.75) is 32.6 Å². The van der Waals surface area contributed by atoms with Gasteiger partial charge in [0.05, 0.1) is 5.69 Å². The molecular formula is C15H20N6. The Balaban J connectivity index is 1.87. The number of piperidine rings is 1. The van der Waals surface area contributed by atoms with E-state index in [4.69, 9.17) is 0 Å². The van der Waals surface area contributed by atoms with E-state index in [9.17, 15) is 0 Å². The van der Waals surface area contributed by atoms with E-state index in [0.717, 1.165) is 42.4 Å². The Labute approximate surface area is 124 Å². The molecule has 0 amide bonds. The predicted octanol–water partition coefficient (Wildman–Crippen LogP) is 2.09. The summed E-state index contributed by atoms with van der Waals surface area (Å²) >= 11 is 0. The third kappa shape index (κ3) is 3.33. The summed E-state index contributed by atoms with van der Waals surface area (Å²) in [6.45, 7) is 5.95. The summed E-state index contributed by atoms with van der Waals surface area (Å²) in [5.41, 5.74) is 2.87. The number of anilines is 2. The van der Waals surface area contributed by atoms with E-state index in [1.807, 2.05) is 19.9 Å². The lowest BCUT2D eigenvalue weighted by Gasteiger charge is -2.23. The van der Waals surface area contributed by atoms with Gasteiger partial charge in [0, 0.05) is 36.2 Å². The van der Waals surface area contributed by atoms with Crippen LogP contribution in [0.4, 0.5) is 11.8 Å². The van der Waals surface area contributed by atoms with Gasteiger partial charge < -0.3 is 10.6 Å². The second-order valence-corrected chi connectivity index (χ2v) is 5.43. The van der Waals surface area contributed by atoms with Gasteiger partial charge in [0.1, 0.15) is 0 Å². The van der Waals surface area contributed by atoms with Gasteiger partial charge in [-0.3, -0.25) is 4.98 Å². The van der Waals surface area contributed by atoms with E-state index in [1.54, 1.807) is 12.4 Å². The molecule has 1 aliphatic heterocycles. The Kier molecular flexibility index (Phi) is 4.06. The monoisotopic (exact) mass is 284 g/mol. The van der Waals surface area contributed by atoms with E-state index in [-0.39, 0.29) is 0 Å². The summed E-state index contributed by atoms with van der Waals surface area (Å²) in [5, 5.41) is 6.64. The maximum absolute atomic E-state index is 4.52. The van der Waals surface area contributed by atoms with Gasteiger partial charge in [-0.1, -0.05) is 0 Å². The summed E-state index contributed by atoms with van der Waals surface area (Å²) < 4.78 is 0. The minimum absolute atomic E-state index is 0.390. The van der Waals surface area contributed by atoms with Gasteiger partial charge in [0.25, 0.3) is 0 Å². The van der Waals surface area contributed by atoms with Gasteiger partial charge in [-0.25, -0.2) is 15.0 Å². The fraction of sp³-hybridized carbons (Fsp3) is 0.467. The summed E-state index contributed by atoms with van der Waals surface area (Å²) in [6, 6.07) is 1.95. The minimum Gasteiger partial charge on any atom is -0.316 e. The van der Waals surface area contributed by atoms with Crippen LogP contribution in [0.2, 0.25) is 0 Å². The highest BCUT2D eigenvalue weighted by atomic mass is 15.1. The van der Waals surface area contributed by atoms with E-state index in [0.29, 0.717) is 11.9 Å². The molecule has 1 atom stereocenters. The first kappa shape index (κ1) is 13.9. The zero-order valence-electron chi connectivity index (χ0n) is 12.4. The van der Waals surface area contributed by atoms with Crippen LogP contribution in [0.5, 0.6) is 0 Å². The van der Waals surface area contributed by atoms with Crippen LogP contribution < -0.4 is 10.6 Å². The normalized spacial score (nSPS) is 18.5. The van der Waals surface area contributed by atoms with E-state index >= 15 is 0 Å². The fourth-order valence-electron chi connectivity index (χ4n) is 2.72. The average molecular weight is 284 g/mol. The van der Waals surface area contributed by atoms with Crippen LogP contribution in [-0.2, 0) is 0 Å². The molecule has 0 aliphatic carbocycles. The van der Waals surface area contributed by atoms with Crippen molar-refractivity contribution < 1.29 is 0 Å². The molecule has 1 aliphatic rings. The lowest BCUT2D eigenvalue weighted by atomic mass is 9.96. The molecule has 1 fully saturated rings. The largest absolute Gasteiger partial charge is 0.316 e. The van der Waals surface area contributed by atoms with Crippen LogP contribution in [-0.4, -0.2) is 33.0 Å². The van der Waals surface area contributed by atoms with Crippen LogP contribution in [0.1, 0.15) is 35.8 Å². The SMILES string of the molecule is Cc1cc(C)nc(Nc2nccnc2C2CCCNC2)n1. The average Bonchev–Trinajstić information content (AvgIpc) is 2.48. The molecule has 0 spiro atoms. The molecule has 3 rings (SSSR count). The summed E-state index contributed by atoms with van der Waals surface area (Å²) in [5.74, 6) is 1.73. The van der Waals surface area contributed by atoms with Crippen molar-refractivity contribution in [3.05, 3.63) is 35.5 Å². The van der Waals surface area contributed by atoms with E-state index in [1.165, 1.54) is 6.42 Å². The molecule has 0 aromatic carbocycles. The molecule has 0 bridgehead atoms. The number of hydrogen-bond acceptors (Lipinski definition) is 6. The first-order valence-electron chi connectivity index (χ1n) is 7.33. The zero-order chi connectivity index (χ0) is 14.7. The lowest BCUT2D eigenvalue weighted by molar-refractivity contribution is 0.455. The zero-order valence-corrected chi connectivity index (χ0v) is 12.4. The lowest BCUT2D eigenvalue weighted by Crippen LogP contribution is -2.29. The summed E-state index contributed by atoms with van der Waals surface area (Å²) in [4.78, 5) is 17.8. The maximum Gasteiger partial charge on any atom is 0.228 e. The Morgan fingerprint density at radius 2 is 1.90 bits per heavy atom. The van der Waals surface area contributed by atoms with Crippen molar-refractivity contribution in [2.75, 3.05) is 18.4 Å². The van der Waals surface area contributed by atoms with Gasteiger partial charge in [-0.15, -0.1) is 0 Å². The third-order valence-electron chi connectivity index (χ3n) is 3.62. The first-order valence-corrected chi connectivity index (χ1v) is 7.33. The Morgan fingerprint density at radius 1 is 1.14 bits per heavy atom. The van der Waals surface area contributed by atoms with Gasteiger partial charge in [-0.05, 0) is 39.3 Å². The van der Waals surface area contributed by atoms with E-state index in [2.05, 4.69) is 30.6 Å². The highest BCUT2D eigenvalue weighted by Crippen LogP contribution is 2.27. The molecule has 2 N–H and O–H groups in total. The summed E-state index contributed by atoms with van der Waals surface area (Å²) in [7, 11) is 0. The standard InChI is InChI=1S/C15H20N6/c1-10-8-11(2)20-15(19-10)21-14-13(17-6-7-18-14)12-4-3-5-16-9-12/h6-8,12,16H,3-5,9H2,1-2H3,(H,18,19,20,21). The second-order valence-electron chi connectivity index (χ2n) is 5.43. The fourth-order valence-corrected chi connectivity index (χ4v) is 2.72. The van der Waals surface area contributed by atoms with Crippen molar-refractivity contribution >= 4 is 11.8 Å². The molecule has 0 saturated carbocycles. The van der Waals surface area contributed by atoms with Crippen LogP contribution in [0.3, 0.4) is 0 Å². The highest BCUT2D eigenvalue weighted by Gasteiger charge is 2.20. The first-order chi connectivity index (χ1) is 10.2. The molecule has 6 heteroatoms. The van der Waals surface area contributed by atoms with Crippen molar-refractivity contribution in [3.63, 3.8) is 0 Å². The van der Waals surface area contributed by atoms with Crippen molar-refractivity contribution in [3.8, 4) is 0 Å². The third-order valence-corrected chi connectivity index (χ3v) is 3.62.